The molecule has 4 aromatic carbocycles. The molecule has 0 saturated heterocycles. The summed E-state index contributed by atoms with van der Waals surface area (Å²) in [7, 11) is -4.59. The number of benzene rings is 4. The van der Waals surface area contributed by atoms with Crippen LogP contribution in [0.1, 0.15) is 54.4 Å². The predicted octanol–water partition coefficient (Wildman–Crippen LogP) is 7.95. The zero-order valence-electron chi connectivity index (χ0n) is 27.6. The first-order chi connectivity index (χ1) is 23.8. The van der Waals surface area contributed by atoms with Crippen molar-refractivity contribution in [2.75, 3.05) is 10.8 Å². The summed E-state index contributed by atoms with van der Waals surface area (Å²) < 4.78 is 71.0. The van der Waals surface area contributed by atoms with Gasteiger partial charge in [-0.1, -0.05) is 104 Å². The highest BCUT2D eigenvalue weighted by Gasteiger charge is 2.38. The second kappa shape index (κ2) is 16.1. The van der Waals surface area contributed by atoms with E-state index in [2.05, 4.69) is 5.32 Å². The largest absolute Gasteiger partial charge is 0.417 e. The van der Waals surface area contributed by atoms with Gasteiger partial charge in [-0.2, -0.15) is 13.2 Å². The van der Waals surface area contributed by atoms with E-state index in [0.717, 1.165) is 60.9 Å². The molecule has 0 aliphatic heterocycles. The molecule has 0 radical (unpaired) electrons. The molecular formula is C38H39ClF3N3O4S. The summed E-state index contributed by atoms with van der Waals surface area (Å²) in [6.45, 7) is 0.934. The van der Waals surface area contributed by atoms with Crippen molar-refractivity contribution in [1.82, 2.24) is 10.2 Å². The van der Waals surface area contributed by atoms with Crippen molar-refractivity contribution in [3.05, 3.63) is 130 Å². The molecule has 264 valence electrons. The number of anilines is 1. The first-order valence-corrected chi connectivity index (χ1v) is 18.3. The number of carbonyl (C=O) groups excluding carboxylic acids is 2. The smallest absolute Gasteiger partial charge is 0.352 e. The average molecular weight is 726 g/mol. The number of rotatable bonds is 12. The first-order valence-electron chi connectivity index (χ1n) is 16.5. The summed E-state index contributed by atoms with van der Waals surface area (Å²) in [5.74, 6) is -1.15. The van der Waals surface area contributed by atoms with Crippen molar-refractivity contribution in [3.8, 4) is 0 Å². The molecule has 1 fully saturated rings. The van der Waals surface area contributed by atoms with Crippen molar-refractivity contribution in [2.24, 2.45) is 0 Å². The summed E-state index contributed by atoms with van der Waals surface area (Å²) in [6, 6.07) is 25.2. The summed E-state index contributed by atoms with van der Waals surface area (Å²) in [5, 5.41) is 2.52. The van der Waals surface area contributed by atoms with E-state index in [9.17, 15) is 31.2 Å². The van der Waals surface area contributed by atoms with Crippen LogP contribution in [0, 0.1) is 6.92 Å². The topological polar surface area (TPSA) is 86.8 Å². The molecule has 7 nitrogen and oxygen atoms in total. The molecule has 1 N–H and O–H groups in total. The van der Waals surface area contributed by atoms with Crippen LogP contribution in [-0.2, 0) is 38.8 Å². The Balaban J connectivity index is 1.61. The van der Waals surface area contributed by atoms with Gasteiger partial charge in [0.2, 0.25) is 11.8 Å². The van der Waals surface area contributed by atoms with Crippen LogP contribution in [-0.4, -0.2) is 43.8 Å². The number of nitrogens with zero attached hydrogens (tertiary/aromatic N) is 2. The number of hydrogen-bond acceptors (Lipinski definition) is 4. The van der Waals surface area contributed by atoms with Gasteiger partial charge in [-0.25, -0.2) is 8.42 Å². The van der Waals surface area contributed by atoms with E-state index >= 15 is 0 Å². The highest BCUT2D eigenvalue weighted by Crippen LogP contribution is 2.38. The molecule has 12 heteroatoms. The Hall–Kier alpha value is -4.35. The fourth-order valence-corrected chi connectivity index (χ4v) is 7.86. The van der Waals surface area contributed by atoms with Crippen LogP contribution in [0.25, 0.3) is 0 Å². The lowest BCUT2D eigenvalue weighted by molar-refractivity contribution is -0.140. The zero-order valence-corrected chi connectivity index (χ0v) is 29.1. The van der Waals surface area contributed by atoms with Gasteiger partial charge in [0.05, 0.1) is 21.2 Å². The standard InChI is InChI=1S/C38H39ClF3N3O4S/c1-27-13-11-12-16-29(27)25-44(35(23-28-14-5-2-6-15-28)37(47)43-30-17-7-3-8-18-30)36(46)26-45(50(48,49)32-19-9-4-10-20-32)31-21-22-34(39)33(24-31)38(40,41)42/h2,4-6,9-16,19-22,24,30,35H,3,7-8,17-18,23,25-26H2,1H3,(H,43,47). The van der Waals surface area contributed by atoms with Crippen LogP contribution in [0.15, 0.2) is 108 Å². The van der Waals surface area contributed by atoms with E-state index in [4.69, 9.17) is 11.6 Å². The average Bonchev–Trinajstić information content (AvgIpc) is 3.10. The Morgan fingerprint density at radius 2 is 1.50 bits per heavy atom. The Morgan fingerprint density at radius 3 is 2.14 bits per heavy atom. The summed E-state index contributed by atoms with van der Waals surface area (Å²) >= 11 is 5.90. The number of hydrogen-bond donors (Lipinski definition) is 1. The van der Waals surface area contributed by atoms with Crippen LogP contribution in [0.3, 0.4) is 0 Å². The molecule has 4 aromatic rings. The van der Waals surface area contributed by atoms with Gasteiger partial charge in [0, 0.05) is 19.0 Å². The quantitative estimate of drug-likeness (QED) is 0.161. The lowest BCUT2D eigenvalue weighted by Gasteiger charge is -2.35. The maximum Gasteiger partial charge on any atom is 0.417 e. The number of aryl methyl sites for hydroxylation is 1. The molecular weight excluding hydrogens is 687 g/mol. The fraction of sp³-hybridized carbons (Fsp3) is 0.316. The fourth-order valence-electron chi connectivity index (χ4n) is 6.20. The van der Waals surface area contributed by atoms with Crippen LogP contribution in [0.2, 0.25) is 5.02 Å². The van der Waals surface area contributed by atoms with Gasteiger partial charge >= 0.3 is 6.18 Å². The number of sulfonamides is 1. The lowest BCUT2D eigenvalue weighted by Crippen LogP contribution is -2.55. The van der Waals surface area contributed by atoms with Crippen molar-refractivity contribution in [2.45, 2.75) is 75.1 Å². The first kappa shape index (κ1) is 36.9. The van der Waals surface area contributed by atoms with Gasteiger partial charge in [-0.05, 0) is 66.8 Å². The van der Waals surface area contributed by atoms with Crippen molar-refractivity contribution in [3.63, 3.8) is 0 Å². The van der Waals surface area contributed by atoms with Crippen molar-refractivity contribution in [1.29, 1.82) is 0 Å². The maximum atomic E-state index is 14.7. The number of halogens is 4. The highest BCUT2D eigenvalue weighted by molar-refractivity contribution is 7.92. The minimum atomic E-state index is -4.89. The molecule has 1 aliphatic carbocycles. The molecule has 1 saturated carbocycles. The molecule has 50 heavy (non-hydrogen) atoms. The number of alkyl halides is 3. The van der Waals surface area contributed by atoms with E-state index in [1.807, 2.05) is 55.5 Å². The molecule has 1 atom stereocenters. The van der Waals surface area contributed by atoms with Gasteiger partial charge in [0.25, 0.3) is 10.0 Å². The Kier molecular flexibility index (Phi) is 11.9. The minimum absolute atomic E-state index is 0.0469. The molecule has 1 aliphatic rings. The van der Waals surface area contributed by atoms with E-state index in [0.29, 0.717) is 10.4 Å². The summed E-state index contributed by atoms with van der Waals surface area (Å²) in [6.07, 6.45) is -0.158. The number of carbonyl (C=O) groups is 2. The van der Waals surface area contributed by atoms with Crippen molar-refractivity contribution >= 4 is 39.1 Å². The normalized spacial score (nSPS) is 14.5. The lowest BCUT2D eigenvalue weighted by atomic mass is 9.94. The van der Waals surface area contributed by atoms with Gasteiger partial charge < -0.3 is 10.2 Å². The van der Waals surface area contributed by atoms with Gasteiger partial charge in [0.1, 0.15) is 12.6 Å². The third-order valence-electron chi connectivity index (χ3n) is 8.98. The minimum Gasteiger partial charge on any atom is -0.352 e. The van der Waals surface area contributed by atoms with Gasteiger partial charge in [-0.15, -0.1) is 0 Å². The molecule has 5 rings (SSSR count). The van der Waals surface area contributed by atoms with Crippen LogP contribution >= 0.6 is 11.6 Å². The SMILES string of the molecule is Cc1ccccc1CN(C(=O)CN(c1ccc(Cl)c(C(F)(F)F)c1)S(=O)(=O)c1ccccc1)C(Cc1ccccc1)C(=O)NC1CCCCC1. The van der Waals surface area contributed by atoms with Crippen LogP contribution in [0.4, 0.5) is 18.9 Å². The Labute approximate surface area is 296 Å². The molecule has 0 spiro atoms. The van der Waals surface area contributed by atoms with E-state index < -0.39 is 51.0 Å². The Morgan fingerprint density at radius 1 is 0.880 bits per heavy atom. The second-order valence-corrected chi connectivity index (χ2v) is 14.8. The monoisotopic (exact) mass is 725 g/mol. The summed E-state index contributed by atoms with van der Waals surface area (Å²) in [4.78, 5) is 30.0. The third kappa shape index (κ3) is 9.05. The molecule has 2 amide bonds. The number of nitrogens with one attached hydrogen (secondary N) is 1. The predicted molar refractivity (Wildman–Crippen MR) is 188 cm³/mol. The summed E-state index contributed by atoms with van der Waals surface area (Å²) in [5.41, 5.74) is 0.703. The van der Waals surface area contributed by atoms with Crippen LogP contribution < -0.4 is 9.62 Å². The molecule has 0 bridgehead atoms. The number of amides is 2. The van der Waals surface area contributed by atoms with E-state index in [1.165, 1.54) is 29.2 Å². The molecule has 1 unspecified atom stereocenters. The van der Waals surface area contributed by atoms with Gasteiger partial charge in [-0.3, -0.25) is 13.9 Å². The highest BCUT2D eigenvalue weighted by atomic mass is 35.5. The van der Waals surface area contributed by atoms with E-state index in [1.54, 1.807) is 12.1 Å². The van der Waals surface area contributed by atoms with E-state index in [-0.39, 0.29) is 29.8 Å². The molecule has 0 aromatic heterocycles. The Bertz CT molecular complexity index is 1890. The zero-order chi connectivity index (χ0) is 35.9. The molecule has 0 heterocycles. The van der Waals surface area contributed by atoms with Crippen LogP contribution in [0.5, 0.6) is 0 Å². The second-order valence-electron chi connectivity index (χ2n) is 12.5. The van der Waals surface area contributed by atoms with Crippen molar-refractivity contribution < 1.29 is 31.2 Å². The maximum absolute atomic E-state index is 14.7. The van der Waals surface area contributed by atoms with Gasteiger partial charge in [0.15, 0.2) is 0 Å². The third-order valence-corrected chi connectivity index (χ3v) is 11.1.